The molecule has 0 aromatic carbocycles. The Kier molecular flexibility index (Phi) is 2.83. The highest BCUT2D eigenvalue weighted by Gasteiger charge is 2.03. The SMILES string of the molecule is O=c1[nH]c(=O)n(Cc2cscn2)cc1Br. The van der Waals surface area contributed by atoms with Crippen LogP contribution < -0.4 is 11.2 Å². The number of aromatic nitrogens is 3. The molecule has 0 atom stereocenters. The van der Waals surface area contributed by atoms with Gasteiger partial charge in [0, 0.05) is 11.6 Å². The van der Waals surface area contributed by atoms with Crippen LogP contribution in [0.3, 0.4) is 0 Å². The molecule has 0 unspecified atom stereocenters. The monoisotopic (exact) mass is 287 g/mol. The van der Waals surface area contributed by atoms with Gasteiger partial charge in [-0.3, -0.25) is 14.3 Å². The van der Waals surface area contributed by atoms with Crippen LogP contribution in [0.15, 0.2) is 31.1 Å². The third-order valence-electron chi connectivity index (χ3n) is 1.78. The van der Waals surface area contributed by atoms with Crippen molar-refractivity contribution in [1.29, 1.82) is 0 Å². The minimum Gasteiger partial charge on any atom is -0.293 e. The van der Waals surface area contributed by atoms with E-state index in [9.17, 15) is 9.59 Å². The summed E-state index contributed by atoms with van der Waals surface area (Å²) in [6.45, 7) is 0.359. The zero-order valence-electron chi connectivity index (χ0n) is 7.44. The molecule has 7 heteroatoms. The fraction of sp³-hybridized carbons (Fsp3) is 0.125. The van der Waals surface area contributed by atoms with E-state index in [4.69, 9.17) is 0 Å². The number of H-pyrrole nitrogens is 1. The molecule has 0 amide bonds. The van der Waals surface area contributed by atoms with Crippen LogP contribution in [-0.2, 0) is 6.54 Å². The molecule has 1 N–H and O–H groups in total. The fourth-order valence-electron chi connectivity index (χ4n) is 1.09. The van der Waals surface area contributed by atoms with E-state index in [2.05, 4.69) is 25.9 Å². The van der Waals surface area contributed by atoms with Gasteiger partial charge in [0.2, 0.25) is 0 Å². The molecular formula is C8H6BrN3O2S. The Balaban J connectivity index is 2.42. The molecule has 2 aromatic heterocycles. The summed E-state index contributed by atoms with van der Waals surface area (Å²) in [6.07, 6.45) is 1.46. The normalized spacial score (nSPS) is 10.5. The summed E-state index contributed by atoms with van der Waals surface area (Å²) in [4.78, 5) is 28.7. The highest BCUT2D eigenvalue weighted by Crippen LogP contribution is 2.03. The van der Waals surface area contributed by atoms with Gasteiger partial charge in [0.25, 0.3) is 5.56 Å². The predicted molar refractivity (Wildman–Crippen MR) is 60.2 cm³/mol. The van der Waals surface area contributed by atoms with Gasteiger partial charge in [0.15, 0.2) is 0 Å². The molecule has 0 bridgehead atoms. The van der Waals surface area contributed by atoms with E-state index in [0.29, 0.717) is 11.0 Å². The molecule has 5 nitrogen and oxygen atoms in total. The first-order valence-electron chi connectivity index (χ1n) is 4.03. The van der Waals surface area contributed by atoms with Gasteiger partial charge in [-0.05, 0) is 15.9 Å². The highest BCUT2D eigenvalue weighted by atomic mass is 79.9. The largest absolute Gasteiger partial charge is 0.328 e. The summed E-state index contributed by atoms with van der Waals surface area (Å²) in [7, 11) is 0. The minimum atomic E-state index is -0.434. The second-order valence-corrected chi connectivity index (χ2v) is 4.42. The Morgan fingerprint density at radius 1 is 1.53 bits per heavy atom. The van der Waals surface area contributed by atoms with Crippen LogP contribution in [-0.4, -0.2) is 14.5 Å². The first kappa shape index (κ1) is 10.3. The Labute approximate surface area is 96.6 Å². The maximum absolute atomic E-state index is 11.4. The lowest BCUT2D eigenvalue weighted by molar-refractivity contribution is 0.704. The standard InChI is InChI=1S/C8H6BrN3O2S/c9-6-2-12(8(14)11-7(6)13)1-5-3-15-4-10-5/h2-4H,1H2,(H,11,13,14). The van der Waals surface area contributed by atoms with Crippen LogP contribution >= 0.6 is 27.3 Å². The van der Waals surface area contributed by atoms with Crippen LogP contribution in [0.1, 0.15) is 5.69 Å². The van der Waals surface area contributed by atoms with Gasteiger partial charge >= 0.3 is 5.69 Å². The van der Waals surface area contributed by atoms with E-state index in [1.54, 1.807) is 5.51 Å². The first-order valence-corrected chi connectivity index (χ1v) is 5.77. The summed E-state index contributed by atoms with van der Waals surface area (Å²) in [6, 6.07) is 0. The molecule has 0 spiro atoms. The number of rotatable bonds is 2. The average Bonchev–Trinajstić information content (AvgIpc) is 2.67. The summed E-state index contributed by atoms with van der Waals surface area (Å²) >= 11 is 4.52. The van der Waals surface area contributed by atoms with Crippen LogP contribution in [0, 0.1) is 0 Å². The lowest BCUT2D eigenvalue weighted by atomic mass is 10.5. The molecular weight excluding hydrogens is 282 g/mol. The fourth-order valence-corrected chi connectivity index (χ4v) is 1.99. The van der Waals surface area contributed by atoms with Gasteiger partial charge in [0.05, 0.1) is 22.2 Å². The summed E-state index contributed by atoms with van der Waals surface area (Å²) in [5.74, 6) is 0. The van der Waals surface area contributed by atoms with Crippen molar-refractivity contribution >= 4 is 27.3 Å². The molecule has 0 saturated carbocycles. The number of halogens is 1. The minimum absolute atomic E-state index is 0.331. The topological polar surface area (TPSA) is 67.8 Å². The zero-order chi connectivity index (χ0) is 10.8. The summed E-state index contributed by atoms with van der Waals surface area (Å²) in [5, 5.41) is 1.85. The number of aromatic amines is 1. The van der Waals surface area contributed by atoms with Crippen LogP contribution in [0.25, 0.3) is 0 Å². The first-order chi connectivity index (χ1) is 7.16. The van der Waals surface area contributed by atoms with Gasteiger partial charge < -0.3 is 0 Å². The van der Waals surface area contributed by atoms with Gasteiger partial charge in [-0.15, -0.1) is 11.3 Å². The van der Waals surface area contributed by atoms with E-state index in [1.807, 2.05) is 5.38 Å². The molecule has 0 aliphatic rings. The van der Waals surface area contributed by atoms with Gasteiger partial charge in [-0.25, -0.2) is 9.78 Å². The number of hydrogen-bond acceptors (Lipinski definition) is 4. The van der Waals surface area contributed by atoms with Crippen molar-refractivity contribution in [2.24, 2.45) is 0 Å². The molecule has 0 saturated heterocycles. The third-order valence-corrected chi connectivity index (χ3v) is 2.98. The maximum Gasteiger partial charge on any atom is 0.328 e. The van der Waals surface area contributed by atoms with Gasteiger partial charge in [-0.2, -0.15) is 0 Å². The van der Waals surface area contributed by atoms with E-state index >= 15 is 0 Å². The van der Waals surface area contributed by atoms with Crippen molar-refractivity contribution in [3.05, 3.63) is 48.1 Å². The van der Waals surface area contributed by atoms with Crippen LogP contribution in [0.4, 0.5) is 0 Å². The molecule has 0 radical (unpaired) electrons. The molecule has 0 fully saturated rings. The van der Waals surface area contributed by atoms with Crippen molar-refractivity contribution in [3.63, 3.8) is 0 Å². The van der Waals surface area contributed by atoms with Gasteiger partial charge in [0.1, 0.15) is 0 Å². The van der Waals surface area contributed by atoms with E-state index < -0.39 is 11.2 Å². The van der Waals surface area contributed by atoms with Crippen molar-refractivity contribution in [1.82, 2.24) is 14.5 Å². The molecule has 0 aliphatic carbocycles. The summed E-state index contributed by atoms with van der Waals surface area (Å²) < 4.78 is 1.72. The smallest absolute Gasteiger partial charge is 0.293 e. The lowest BCUT2D eigenvalue weighted by Gasteiger charge is -2.02. The Bertz CT molecular complexity index is 572. The third kappa shape index (κ3) is 2.24. The van der Waals surface area contributed by atoms with E-state index in [1.165, 1.54) is 22.1 Å². The van der Waals surface area contributed by atoms with Crippen molar-refractivity contribution < 1.29 is 0 Å². The van der Waals surface area contributed by atoms with Gasteiger partial charge in [-0.1, -0.05) is 0 Å². The number of nitrogens with zero attached hydrogens (tertiary/aromatic N) is 2. The number of hydrogen-bond donors (Lipinski definition) is 1. The van der Waals surface area contributed by atoms with Crippen molar-refractivity contribution in [3.8, 4) is 0 Å². The van der Waals surface area contributed by atoms with E-state index in [-0.39, 0.29) is 0 Å². The lowest BCUT2D eigenvalue weighted by Crippen LogP contribution is -2.30. The molecule has 2 aromatic rings. The summed E-state index contributed by atoms with van der Waals surface area (Å²) in [5.41, 5.74) is 1.63. The van der Waals surface area contributed by atoms with Crippen LogP contribution in [0.2, 0.25) is 0 Å². The zero-order valence-corrected chi connectivity index (χ0v) is 9.84. The Morgan fingerprint density at radius 2 is 2.33 bits per heavy atom. The Morgan fingerprint density at radius 3 is 3.00 bits per heavy atom. The highest BCUT2D eigenvalue weighted by molar-refractivity contribution is 9.10. The molecule has 2 heterocycles. The van der Waals surface area contributed by atoms with Crippen LogP contribution in [0.5, 0.6) is 0 Å². The second-order valence-electron chi connectivity index (χ2n) is 2.84. The number of thiazole rings is 1. The maximum atomic E-state index is 11.4. The second kappa shape index (κ2) is 4.11. The Hall–Kier alpha value is -1.21. The molecule has 2 rings (SSSR count). The van der Waals surface area contributed by atoms with Crippen molar-refractivity contribution in [2.45, 2.75) is 6.54 Å². The van der Waals surface area contributed by atoms with E-state index in [0.717, 1.165) is 5.69 Å². The molecule has 78 valence electrons. The van der Waals surface area contributed by atoms with Crippen molar-refractivity contribution in [2.75, 3.05) is 0 Å². The quantitative estimate of drug-likeness (QED) is 0.889. The predicted octanol–water partition coefficient (Wildman–Crippen LogP) is 0.804. The molecule has 0 aliphatic heterocycles. The molecule has 15 heavy (non-hydrogen) atoms. The number of nitrogens with one attached hydrogen (secondary N) is 1. The average molecular weight is 288 g/mol.